The molecule has 1 fully saturated rings. The third-order valence-corrected chi connectivity index (χ3v) is 4.92. The first-order chi connectivity index (χ1) is 11.7. The fraction of sp³-hybridized carbons (Fsp3) is 0.350. The summed E-state index contributed by atoms with van der Waals surface area (Å²) in [5.74, 6) is -0.00620. The van der Waals surface area contributed by atoms with Crippen LogP contribution in [-0.4, -0.2) is 12.5 Å². The summed E-state index contributed by atoms with van der Waals surface area (Å²) in [5, 5.41) is 3.16. The summed E-state index contributed by atoms with van der Waals surface area (Å²) in [6.07, 6.45) is 2.95. The lowest BCUT2D eigenvalue weighted by Gasteiger charge is -2.24. The minimum absolute atomic E-state index is 0. The van der Waals surface area contributed by atoms with Crippen LogP contribution in [0.4, 0.5) is 4.39 Å². The average Bonchev–Trinajstić information content (AvgIpc) is 3.10. The number of amides is 1. The van der Waals surface area contributed by atoms with Gasteiger partial charge in [0.1, 0.15) is 5.82 Å². The van der Waals surface area contributed by atoms with Gasteiger partial charge in [-0.05, 0) is 48.6 Å². The Balaban J connectivity index is 0.00000225. The molecule has 0 heterocycles. The van der Waals surface area contributed by atoms with E-state index in [2.05, 4.69) is 5.32 Å². The highest BCUT2D eigenvalue weighted by atomic mass is 35.5. The molecule has 1 saturated carbocycles. The van der Waals surface area contributed by atoms with E-state index in [1.54, 1.807) is 12.1 Å². The van der Waals surface area contributed by atoms with Crippen LogP contribution < -0.4 is 11.1 Å². The Morgan fingerprint density at radius 2 is 1.72 bits per heavy atom. The molecule has 2 aromatic rings. The van der Waals surface area contributed by atoms with Gasteiger partial charge in [-0.2, -0.15) is 0 Å². The van der Waals surface area contributed by atoms with Gasteiger partial charge >= 0.3 is 0 Å². The number of hydrogen-bond acceptors (Lipinski definition) is 2. The SMILES string of the molecule is Cl.NC[C@H]1CCC[C@H]1C(=O)NC(c1ccccc1)c1ccc(F)cc1. The van der Waals surface area contributed by atoms with E-state index in [1.165, 1.54) is 12.1 Å². The second-order valence-electron chi connectivity index (χ2n) is 6.44. The van der Waals surface area contributed by atoms with Crippen LogP contribution in [0.15, 0.2) is 54.6 Å². The van der Waals surface area contributed by atoms with E-state index in [0.29, 0.717) is 6.54 Å². The summed E-state index contributed by atoms with van der Waals surface area (Å²) in [6, 6.07) is 15.8. The fourth-order valence-electron chi connectivity index (χ4n) is 3.57. The van der Waals surface area contributed by atoms with Crippen LogP contribution in [0.3, 0.4) is 0 Å². The summed E-state index contributed by atoms with van der Waals surface area (Å²) in [7, 11) is 0. The second-order valence-corrected chi connectivity index (χ2v) is 6.44. The molecule has 0 saturated heterocycles. The number of nitrogens with one attached hydrogen (secondary N) is 1. The molecule has 0 aliphatic heterocycles. The summed E-state index contributed by atoms with van der Waals surface area (Å²) >= 11 is 0. The third-order valence-electron chi connectivity index (χ3n) is 4.92. The maximum Gasteiger partial charge on any atom is 0.224 e. The van der Waals surface area contributed by atoms with Crippen LogP contribution in [0.1, 0.15) is 36.4 Å². The van der Waals surface area contributed by atoms with E-state index >= 15 is 0 Å². The minimum Gasteiger partial charge on any atom is -0.345 e. The molecule has 25 heavy (non-hydrogen) atoms. The van der Waals surface area contributed by atoms with E-state index in [-0.39, 0.29) is 42.0 Å². The van der Waals surface area contributed by atoms with Gasteiger partial charge in [-0.15, -0.1) is 12.4 Å². The number of carbonyl (C=O) groups is 1. The van der Waals surface area contributed by atoms with Gasteiger partial charge in [-0.1, -0.05) is 48.9 Å². The number of rotatable bonds is 5. The van der Waals surface area contributed by atoms with Gasteiger partial charge in [0.2, 0.25) is 5.91 Å². The first kappa shape index (κ1) is 19.4. The number of benzene rings is 2. The highest BCUT2D eigenvalue weighted by Gasteiger charge is 2.33. The lowest BCUT2D eigenvalue weighted by atomic mass is 9.93. The summed E-state index contributed by atoms with van der Waals surface area (Å²) in [5.41, 5.74) is 7.67. The van der Waals surface area contributed by atoms with Gasteiger partial charge in [0, 0.05) is 5.92 Å². The van der Waals surface area contributed by atoms with Crippen LogP contribution in [0.2, 0.25) is 0 Å². The molecule has 0 spiro atoms. The van der Waals surface area contributed by atoms with Crippen molar-refractivity contribution in [2.45, 2.75) is 25.3 Å². The minimum atomic E-state index is -0.282. The monoisotopic (exact) mass is 362 g/mol. The Morgan fingerprint density at radius 3 is 2.36 bits per heavy atom. The standard InChI is InChI=1S/C20H23FN2O.ClH/c21-17-11-9-15(10-12-17)19(14-5-2-1-3-6-14)23-20(24)18-8-4-7-16(18)13-22;/h1-3,5-6,9-12,16,18-19H,4,7-8,13,22H2,(H,23,24);1H/t16-,18-,19?;/m1./s1. The molecule has 1 aliphatic carbocycles. The van der Waals surface area contributed by atoms with Gasteiger partial charge in [-0.25, -0.2) is 4.39 Å². The Kier molecular flexibility index (Phi) is 6.97. The molecule has 5 heteroatoms. The lowest BCUT2D eigenvalue weighted by Crippen LogP contribution is -2.37. The normalized spacial score (nSPS) is 20.6. The Bertz CT molecular complexity index is 678. The fourth-order valence-corrected chi connectivity index (χ4v) is 3.57. The molecule has 1 unspecified atom stereocenters. The maximum atomic E-state index is 13.3. The topological polar surface area (TPSA) is 55.1 Å². The lowest BCUT2D eigenvalue weighted by molar-refractivity contribution is -0.126. The van der Waals surface area contributed by atoms with Gasteiger partial charge in [-0.3, -0.25) is 4.79 Å². The number of halogens is 2. The molecule has 0 radical (unpaired) electrons. The average molecular weight is 363 g/mol. The Morgan fingerprint density at radius 1 is 1.08 bits per heavy atom. The molecule has 1 amide bonds. The highest BCUT2D eigenvalue weighted by Crippen LogP contribution is 2.32. The summed E-state index contributed by atoms with van der Waals surface area (Å²) in [6.45, 7) is 0.546. The molecule has 0 aromatic heterocycles. The van der Waals surface area contributed by atoms with Gasteiger partial charge in [0.25, 0.3) is 0 Å². The van der Waals surface area contributed by atoms with Crippen LogP contribution >= 0.6 is 12.4 Å². The van der Waals surface area contributed by atoms with E-state index in [4.69, 9.17) is 5.73 Å². The second kappa shape index (κ2) is 8.97. The Hall–Kier alpha value is -1.91. The van der Waals surface area contributed by atoms with Crippen molar-refractivity contribution in [1.82, 2.24) is 5.32 Å². The van der Waals surface area contributed by atoms with Crippen molar-refractivity contribution in [3.63, 3.8) is 0 Å². The smallest absolute Gasteiger partial charge is 0.224 e. The first-order valence-corrected chi connectivity index (χ1v) is 8.50. The van der Waals surface area contributed by atoms with Crippen LogP contribution in [-0.2, 0) is 4.79 Å². The molecule has 3 atom stereocenters. The molecule has 1 aliphatic rings. The summed E-state index contributed by atoms with van der Waals surface area (Å²) in [4.78, 5) is 12.8. The van der Waals surface area contributed by atoms with Crippen molar-refractivity contribution in [2.24, 2.45) is 17.6 Å². The zero-order valence-corrected chi connectivity index (χ0v) is 14.8. The molecular weight excluding hydrogens is 339 g/mol. The predicted octanol–water partition coefficient (Wildman–Crippen LogP) is 3.83. The Labute approximate surface area is 154 Å². The predicted molar refractivity (Wildman–Crippen MR) is 100.0 cm³/mol. The van der Waals surface area contributed by atoms with E-state index in [1.807, 2.05) is 30.3 Å². The van der Waals surface area contributed by atoms with Crippen molar-refractivity contribution in [2.75, 3.05) is 6.54 Å². The molecule has 2 aromatic carbocycles. The van der Waals surface area contributed by atoms with E-state index < -0.39 is 0 Å². The van der Waals surface area contributed by atoms with Crippen molar-refractivity contribution in [1.29, 1.82) is 0 Å². The molecule has 3 rings (SSSR count). The zero-order valence-electron chi connectivity index (χ0n) is 14.0. The van der Waals surface area contributed by atoms with Crippen molar-refractivity contribution >= 4 is 18.3 Å². The van der Waals surface area contributed by atoms with Crippen LogP contribution in [0, 0.1) is 17.7 Å². The third kappa shape index (κ3) is 4.59. The van der Waals surface area contributed by atoms with E-state index in [0.717, 1.165) is 30.4 Å². The molecule has 3 nitrogen and oxygen atoms in total. The highest BCUT2D eigenvalue weighted by molar-refractivity contribution is 5.85. The number of carbonyl (C=O) groups excluding carboxylic acids is 1. The summed E-state index contributed by atoms with van der Waals surface area (Å²) < 4.78 is 13.3. The van der Waals surface area contributed by atoms with Gasteiger partial charge in [0.05, 0.1) is 6.04 Å². The largest absolute Gasteiger partial charge is 0.345 e. The van der Waals surface area contributed by atoms with Crippen molar-refractivity contribution < 1.29 is 9.18 Å². The number of hydrogen-bond donors (Lipinski definition) is 2. The van der Waals surface area contributed by atoms with Crippen LogP contribution in [0.5, 0.6) is 0 Å². The molecule has 134 valence electrons. The van der Waals surface area contributed by atoms with Gasteiger partial charge < -0.3 is 11.1 Å². The zero-order chi connectivity index (χ0) is 16.9. The molecule has 3 N–H and O–H groups in total. The van der Waals surface area contributed by atoms with Crippen molar-refractivity contribution in [3.05, 3.63) is 71.5 Å². The maximum absolute atomic E-state index is 13.3. The molecule has 0 bridgehead atoms. The quantitative estimate of drug-likeness (QED) is 0.849. The number of nitrogens with two attached hydrogens (primary N) is 1. The van der Waals surface area contributed by atoms with Crippen LogP contribution in [0.25, 0.3) is 0 Å². The van der Waals surface area contributed by atoms with Crippen molar-refractivity contribution in [3.8, 4) is 0 Å². The van der Waals surface area contributed by atoms with Gasteiger partial charge in [0.15, 0.2) is 0 Å². The first-order valence-electron chi connectivity index (χ1n) is 8.50. The molecular formula is C20H24ClFN2O. The van der Waals surface area contributed by atoms with E-state index in [9.17, 15) is 9.18 Å².